The quantitative estimate of drug-likeness (QED) is 0.173. The Kier molecular flexibility index (Phi) is 7.93. The smallest absolute Gasteiger partial charge is 0.206 e. The van der Waals surface area contributed by atoms with E-state index in [0.29, 0.717) is 0 Å². The van der Waals surface area contributed by atoms with E-state index < -0.39 is 15.3 Å². The maximum absolute atomic E-state index is 14.4. The van der Waals surface area contributed by atoms with Crippen molar-refractivity contribution >= 4 is 48.7 Å². The van der Waals surface area contributed by atoms with Crippen LogP contribution in [0.3, 0.4) is 0 Å². The maximum atomic E-state index is 14.4. The van der Waals surface area contributed by atoms with Crippen LogP contribution < -0.4 is 9.64 Å². The third kappa shape index (κ3) is 5.21. The lowest BCUT2D eigenvalue weighted by molar-refractivity contribution is 0.477. The van der Waals surface area contributed by atoms with Gasteiger partial charge >= 0.3 is 0 Å². The average Bonchev–Trinajstić information content (AvgIpc) is 3.99. The number of anilines is 3. The topological polar surface area (TPSA) is 51.5 Å². The third-order valence-corrected chi connectivity index (χ3v) is 16.0. The monoisotopic (exact) mass is 878 g/mol. The van der Waals surface area contributed by atoms with E-state index in [1.54, 1.807) is 24.3 Å². The van der Waals surface area contributed by atoms with E-state index in [0.717, 1.165) is 67.2 Å². The molecule has 316 valence electrons. The van der Waals surface area contributed by atoms with Gasteiger partial charge in [-0.15, -0.1) is 0 Å². The fraction of sp³-hybridized carbons (Fsp3) is 0.0164. The van der Waals surface area contributed by atoms with Crippen LogP contribution in [0, 0.1) is 0 Å². The summed E-state index contributed by atoms with van der Waals surface area (Å²) in [5.74, 6) is 1.51. The minimum atomic E-state index is -3.86. The second-order valence-electron chi connectivity index (χ2n) is 17.6. The first-order valence-electron chi connectivity index (χ1n) is 22.6. The first-order valence-corrected chi connectivity index (χ1v) is 24.1. The van der Waals surface area contributed by atoms with Gasteiger partial charge in [0, 0.05) is 28.2 Å². The van der Waals surface area contributed by atoms with E-state index in [9.17, 15) is 8.42 Å². The molecule has 0 unspecified atom stereocenters. The second kappa shape index (κ2) is 14.0. The Morgan fingerprint density at radius 3 is 1.69 bits per heavy atom. The van der Waals surface area contributed by atoms with Crippen LogP contribution in [-0.4, -0.2) is 13.0 Å². The fourth-order valence-electron chi connectivity index (χ4n) is 11.5. The zero-order valence-electron chi connectivity index (χ0n) is 36.0. The number of sulfone groups is 1. The van der Waals surface area contributed by atoms with Gasteiger partial charge in [0.1, 0.15) is 0 Å². The van der Waals surface area contributed by atoms with Crippen LogP contribution in [0.25, 0.3) is 60.9 Å². The summed E-state index contributed by atoms with van der Waals surface area (Å²) in [6, 6.07) is 78.7. The number of benzene rings is 10. The van der Waals surface area contributed by atoms with E-state index in [1.807, 2.05) is 66.7 Å². The van der Waals surface area contributed by atoms with Crippen LogP contribution in [-0.2, 0) is 15.3 Å². The molecule has 2 heterocycles. The van der Waals surface area contributed by atoms with Crippen LogP contribution in [0.15, 0.2) is 240 Å². The molecule has 2 aliphatic carbocycles. The predicted octanol–water partition coefficient (Wildman–Crippen LogP) is 15.2. The Hall–Kier alpha value is -8.45. The summed E-state index contributed by atoms with van der Waals surface area (Å²) >= 11 is 0. The van der Waals surface area contributed by atoms with E-state index >= 15 is 0 Å². The van der Waals surface area contributed by atoms with Gasteiger partial charge in [-0.3, -0.25) is 0 Å². The lowest BCUT2D eigenvalue weighted by Gasteiger charge is -2.33. The third-order valence-electron chi connectivity index (χ3n) is 14.2. The highest BCUT2D eigenvalue weighted by Crippen LogP contribution is 2.64. The van der Waals surface area contributed by atoms with Crippen molar-refractivity contribution in [3.05, 3.63) is 253 Å². The number of ether oxygens (including phenoxy) is 1. The lowest BCUT2D eigenvalue weighted by Crippen LogP contribution is -2.25. The highest BCUT2D eigenvalue weighted by molar-refractivity contribution is 7.91. The van der Waals surface area contributed by atoms with Gasteiger partial charge < -0.3 is 14.2 Å². The van der Waals surface area contributed by atoms with Gasteiger partial charge in [-0.2, -0.15) is 0 Å². The van der Waals surface area contributed by atoms with Crippen molar-refractivity contribution in [3.63, 3.8) is 0 Å². The van der Waals surface area contributed by atoms with Crippen molar-refractivity contribution in [1.82, 2.24) is 4.57 Å². The first-order chi connectivity index (χ1) is 33.0. The van der Waals surface area contributed by atoms with E-state index in [1.165, 1.54) is 44.5 Å². The lowest BCUT2D eigenvalue weighted by atomic mass is 9.70. The summed E-state index contributed by atoms with van der Waals surface area (Å²) in [4.78, 5) is 2.73. The highest BCUT2D eigenvalue weighted by Gasteiger charge is 2.52. The molecule has 0 radical (unpaired) electrons. The number of nitrogens with zero attached hydrogens (tertiary/aromatic N) is 2. The highest BCUT2D eigenvalue weighted by atomic mass is 32.2. The SMILES string of the molecule is O=S(=O)(c1ccc(-c2cccc3c2-c2ccccc2C32c3ccccc3-c3ccccc32)cc1)c1ccc(-n2c3ccccc3c3cc4c(cc32)Oc2ccccc2N4c2ccccc2)cc1. The number of fused-ring (bicyclic) bond motifs is 15. The van der Waals surface area contributed by atoms with E-state index in [2.05, 4.69) is 149 Å². The molecule has 10 aromatic carbocycles. The second-order valence-corrected chi connectivity index (χ2v) is 19.5. The predicted molar refractivity (Wildman–Crippen MR) is 269 cm³/mol. The standard InChI is InChI=1S/C61H38N2O3S/c64-67(65,42-33-29-39(30-34-42)44-21-14-25-53-60(44)48-20-6-10-24-52(48)61(53)50-22-8-4-17-45(50)46-18-5-9-23-51(46)61)43-35-31-41(32-36-43)62-54-26-11-7-19-47(54)49-37-57-59(38-56(49)62)66-58-28-13-12-27-55(58)63(57)40-15-2-1-3-16-40/h1-38H. The van der Waals surface area contributed by atoms with Crippen molar-refractivity contribution in [2.75, 3.05) is 4.90 Å². The number of hydrogen-bond acceptors (Lipinski definition) is 4. The van der Waals surface area contributed by atoms with Crippen molar-refractivity contribution in [3.8, 4) is 50.6 Å². The van der Waals surface area contributed by atoms with Crippen LogP contribution in [0.5, 0.6) is 11.5 Å². The molecular formula is C61H38N2O3S. The molecule has 0 atom stereocenters. The number of rotatable bonds is 5. The van der Waals surface area contributed by atoms with Crippen molar-refractivity contribution in [1.29, 1.82) is 0 Å². The molecular weight excluding hydrogens is 841 g/mol. The molecule has 6 heteroatoms. The summed E-state index contributed by atoms with van der Waals surface area (Å²) < 4.78 is 37.7. The molecule has 0 saturated carbocycles. The minimum absolute atomic E-state index is 0.232. The molecule has 0 saturated heterocycles. The molecule has 1 aromatic heterocycles. The Morgan fingerprint density at radius 1 is 0.388 bits per heavy atom. The Labute approximate surface area is 388 Å². The summed E-state index contributed by atoms with van der Waals surface area (Å²) in [7, 11) is -3.86. The van der Waals surface area contributed by atoms with Crippen LogP contribution in [0.4, 0.5) is 17.1 Å². The zero-order valence-corrected chi connectivity index (χ0v) is 36.8. The van der Waals surface area contributed by atoms with Gasteiger partial charge in [-0.05, 0) is 128 Å². The summed E-state index contributed by atoms with van der Waals surface area (Å²) in [5.41, 5.74) is 17.4. The van der Waals surface area contributed by atoms with E-state index in [-0.39, 0.29) is 9.79 Å². The van der Waals surface area contributed by atoms with Gasteiger partial charge in [-0.1, -0.05) is 152 Å². The first kappa shape index (κ1) is 37.9. The normalized spacial score (nSPS) is 13.7. The number of para-hydroxylation sites is 4. The van der Waals surface area contributed by atoms with Crippen LogP contribution in [0.1, 0.15) is 22.3 Å². The fourth-order valence-corrected chi connectivity index (χ4v) is 12.7. The molecule has 0 amide bonds. The van der Waals surface area contributed by atoms with Crippen LogP contribution >= 0.6 is 0 Å². The molecule has 5 nitrogen and oxygen atoms in total. The van der Waals surface area contributed by atoms with Gasteiger partial charge in [0.25, 0.3) is 0 Å². The van der Waals surface area contributed by atoms with Crippen molar-refractivity contribution in [2.45, 2.75) is 15.2 Å². The van der Waals surface area contributed by atoms with Crippen molar-refractivity contribution < 1.29 is 13.2 Å². The summed E-state index contributed by atoms with van der Waals surface area (Å²) in [5, 5.41) is 2.15. The molecule has 67 heavy (non-hydrogen) atoms. The zero-order chi connectivity index (χ0) is 44.4. The molecule has 0 N–H and O–H groups in total. The molecule has 1 aliphatic heterocycles. The largest absolute Gasteiger partial charge is 0.453 e. The number of aromatic nitrogens is 1. The molecule has 3 aliphatic rings. The van der Waals surface area contributed by atoms with Gasteiger partial charge in [0.15, 0.2) is 11.5 Å². The average molecular weight is 879 g/mol. The Bertz CT molecular complexity index is 3920. The molecule has 11 aromatic rings. The van der Waals surface area contributed by atoms with Gasteiger partial charge in [-0.25, -0.2) is 8.42 Å². The Morgan fingerprint density at radius 2 is 0.955 bits per heavy atom. The molecule has 0 bridgehead atoms. The number of hydrogen-bond donors (Lipinski definition) is 0. The van der Waals surface area contributed by atoms with Gasteiger partial charge in [0.05, 0.1) is 37.6 Å². The maximum Gasteiger partial charge on any atom is 0.206 e. The Balaban J connectivity index is 0.834. The molecule has 1 spiro atoms. The molecule has 0 fully saturated rings. The molecule has 14 rings (SSSR count). The van der Waals surface area contributed by atoms with Crippen LogP contribution in [0.2, 0.25) is 0 Å². The van der Waals surface area contributed by atoms with Crippen molar-refractivity contribution in [2.24, 2.45) is 0 Å². The minimum Gasteiger partial charge on any atom is -0.453 e. The summed E-state index contributed by atoms with van der Waals surface area (Å²) in [6.45, 7) is 0. The summed E-state index contributed by atoms with van der Waals surface area (Å²) in [6.07, 6.45) is 0. The van der Waals surface area contributed by atoms with E-state index in [4.69, 9.17) is 4.74 Å². The van der Waals surface area contributed by atoms with Gasteiger partial charge in [0.2, 0.25) is 9.84 Å².